The van der Waals surface area contributed by atoms with E-state index < -0.39 is 0 Å². The molecular weight excluding hydrogens is 177 g/mol. The second-order valence-electron chi connectivity index (χ2n) is 3.77. The summed E-state index contributed by atoms with van der Waals surface area (Å²) in [5.41, 5.74) is 8.85. The van der Waals surface area contributed by atoms with Crippen LogP contribution in [-0.2, 0) is 0 Å². The smallest absolute Gasteiger partial charge is 0.123 e. The molecule has 0 spiro atoms. The van der Waals surface area contributed by atoms with E-state index in [0.717, 1.165) is 16.7 Å². The molecule has 0 aliphatic rings. The van der Waals surface area contributed by atoms with Crippen LogP contribution in [0, 0.1) is 12.7 Å². The van der Waals surface area contributed by atoms with Gasteiger partial charge in [0.2, 0.25) is 0 Å². The molecule has 2 heteroatoms. The first-order valence-corrected chi connectivity index (χ1v) is 4.66. The molecule has 1 unspecified atom stereocenters. The van der Waals surface area contributed by atoms with Crippen LogP contribution in [0.4, 0.5) is 4.39 Å². The first-order chi connectivity index (χ1) is 6.50. The van der Waals surface area contributed by atoms with Crippen molar-refractivity contribution in [2.75, 3.05) is 0 Å². The Labute approximate surface area is 84.4 Å². The summed E-state index contributed by atoms with van der Waals surface area (Å²) in [4.78, 5) is 0. The van der Waals surface area contributed by atoms with Crippen molar-refractivity contribution in [2.24, 2.45) is 5.73 Å². The first-order valence-electron chi connectivity index (χ1n) is 4.66. The molecule has 0 aliphatic carbocycles. The Morgan fingerprint density at radius 2 is 2.21 bits per heavy atom. The summed E-state index contributed by atoms with van der Waals surface area (Å²) in [6.45, 7) is 7.66. The first kappa shape index (κ1) is 10.9. The number of hydrogen-bond donors (Lipinski definition) is 1. The van der Waals surface area contributed by atoms with E-state index in [4.69, 9.17) is 5.73 Å². The lowest BCUT2D eigenvalue weighted by Gasteiger charge is -2.14. The molecule has 0 aliphatic heterocycles. The van der Waals surface area contributed by atoms with Crippen LogP contribution in [0.2, 0.25) is 0 Å². The minimum atomic E-state index is -0.234. The van der Waals surface area contributed by atoms with Crippen LogP contribution in [0.15, 0.2) is 30.4 Å². The topological polar surface area (TPSA) is 26.0 Å². The Balaban J connectivity index is 2.93. The molecule has 1 aromatic rings. The molecule has 0 saturated carbocycles. The molecule has 76 valence electrons. The number of rotatable bonds is 3. The highest BCUT2D eigenvalue weighted by Gasteiger charge is 2.09. The molecular formula is C12H16FN. The maximum Gasteiger partial charge on any atom is 0.123 e. The number of aryl methyl sites for hydroxylation is 1. The van der Waals surface area contributed by atoms with Crippen molar-refractivity contribution in [3.05, 3.63) is 47.3 Å². The van der Waals surface area contributed by atoms with Crippen LogP contribution >= 0.6 is 0 Å². The van der Waals surface area contributed by atoms with Gasteiger partial charge in [-0.05, 0) is 43.5 Å². The van der Waals surface area contributed by atoms with Crippen molar-refractivity contribution in [1.82, 2.24) is 0 Å². The van der Waals surface area contributed by atoms with Crippen molar-refractivity contribution in [3.63, 3.8) is 0 Å². The molecule has 0 bridgehead atoms. The van der Waals surface area contributed by atoms with Crippen LogP contribution in [-0.4, -0.2) is 0 Å². The Hall–Kier alpha value is -1.15. The Kier molecular flexibility index (Phi) is 3.42. The third kappa shape index (κ3) is 2.67. The number of hydrogen-bond acceptors (Lipinski definition) is 1. The largest absolute Gasteiger partial charge is 0.324 e. The van der Waals surface area contributed by atoms with Crippen molar-refractivity contribution < 1.29 is 4.39 Å². The van der Waals surface area contributed by atoms with Crippen LogP contribution in [0.3, 0.4) is 0 Å². The van der Waals surface area contributed by atoms with Gasteiger partial charge in [0.05, 0.1) is 0 Å². The van der Waals surface area contributed by atoms with Gasteiger partial charge in [-0.1, -0.05) is 11.6 Å². The second-order valence-corrected chi connectivity index (χ2v) is 3.77. The minimum Gasteiger partial charge on any atom is -0.324 e. The molecule has 0 heterocycles. The highest BCUT2D eigenvalue weighted by molar-refractivity contribution is 5.30. The summed E-state index contributed by atoms with van der Waals surface area (Å²) < 4.78 is 13.0. The fourth-order valence-corrected chi connectivity index (χ4v) is 1.50. The summed E-state index contributed by atoms with van der Waals surface area (Å²) in [5.74, 6) is -0.234. The van der Waals surface area contributed by atoms with E-state index in [2.05, 4.69) is 6.58 Å². The van der Waals surface area contributed by atoms with Gasteiger partial charge < -0.3 is 5.73 Å². The van der Waals surface area contributed by atoms with Crippen LogP contribution in [0.5, 0.6) is 0 Å². The van der Waals surface area contributed by atoms with Gasteiger partial charge in [0.1, 0.15) is 5.82 Å². The van der Waals surface area contributed by atoms with Crippen molar-refractivity contribution >= 4 is 0 Å². The molecule has 1 atom stereocenters. The molecule has 1 nitrogen and oxygen atoms in total. The van der Waals surface area contributed by atoms with Gasteiger partial charge in [-0.2, -0.15) is 0 Å². The Bertz CT molecular complexity index is 344. The molecule has 2 N–H and O–H groups in total. The second kappa shape index (κ2) is 4.38. The fraction of sp³-hybridized carbons (Fsp3) is 0.333. The van der Waals surface area contributed by atoms with Crippen LogP contribution in [0.1, 0.15) is 30.5 Å². The van der Waals surface area contributed by atoms with E-state index in [9.17, 15) is 4.39 Å². The number of nitrogens with two attached hydrogens (primary N) is 1. The van der Waals surface area contributed by atoms with Gasteiger partial charge >= 0.3 is 0 Å². The van der Waals surface area contributed by atoms with Gasteiger partial charge in [-0.25, -0.2) is 4.39 Å². The third-order valence-corrected chi connectivity index (χ3v) is 2.21. The predicted octanol–water partition coefficient (Wildman–Crippen LogP) is 3.10. The van der Waals surface area contributed by atoms with Crippen LogP contribution < -0.4 is 5.73 Å². The lowest BCUT2D eigenvalue weighted by Crippen LogP contribution is -2.12. The summed E-state index contributed by atoms with van der Waals surface area (Å²) in [5, 5.41) is 0. The van der Waals surface area contributed by atoms with Crippen molar-refractivity contribution in [3.8, 4) is 0 Å². The van der Waals surface area contributed by atoms with Crippen LogP contribution in [0.25, 0.3) is 0 Å². The van der Waals surface area contributed by atoms with Crippen molar-refractivity contribution in [1.29, 1.82) is 0 Å². The monoisotopic (exact) mass is 193 g/mol. The molecule has 0 saturated heterocycles. The van der Waals surface area contributed by atoms with Gasteiger partial charge in [0, 0.05) is 6.04 Å². The maximum atomic E-state index is 13.0. The standard InChI is InChI=1S/C12H16FN/c1-8(2)6-12(14)11-7-10(13)5-4-9(11)3/h4-5,7,12H,1,6,14H2,2-3H3. The Morgan fingerprint density at radius 3 is 2.79 bits per heavy atom. The quantitative estimate of drug-likeness (QED) is 0.733. The zero-order valence-corrected chi connectivity index (χ0v) is 8.68. The average molecular weight is 193 g/mol. The van der Waals surface area contributed by atoms with Crippen molar-refractivity contribution in [2.45, 2.75) is 26.3 Å². The number of benzene rings is 1. The molecule has 0 fully saturated rings. The van der Waals surface area contributed by atoms with E-state index in [1.165, 1.54) is 12.1 Å². The van der Waals surface area contributed by atoms with Gasteiger partial charge in [0.15, 0.2) is 0 Å². The molecule has 1 aromatic carbocycles. The zero-order valence-electron chi connectivity index (χ0n) is 8.68. The zero-order chi connectivity index (χ0) is 10.7. The summed E-state index contributed by atoms with van der Waals surface area (Å²) in [6, 6.07) is 4.56. The lowest BCUT2D eigenvalue weighted by atomic mass is 9.97. The number of halogens is 1. The minimum absolute atomic E-state index is 0.150. The SMILES string of the molecule is C=C(C)CC(N)c1cc(F)ccc1C. The summed E-state index contributed by atoms with van der Waals surface area (Å²) in [6.07, 6.45) is 0.699. The molecule has 0 aromatic heterocycles. The fourth-order valence-electron chi connectivity index (χ4n) is 1.50. The molecule has 0 amide bonds. The van der Waals surface area contributed by atoms with E-state index in [1.54, 1.807) is 6.07 Å². The third-order valence-electron chi connectivity index (χ3n) is 2.21. The normalized spacial score (nSPS) is 12.6. The van der Waals surface area contributed by atoms with E-state index in [-0.39, 0.29) is 11.9 Å². The predicted molar refractivity (Wildman–Crippen MR) is 57.5 cm³/mol. The molecule has 1 rings (SSSR count). The van der Waals surface area contributed by atoms with Gasteiger partial charge in [-0.3, -0.25) is 0 Å². The average Bonchev–Trinajstić information content (AvgIpc) is 2.08. The lowest BCUT2D eigenvalue weighted by molar-refractivity contribution is 0.617. The molecule has 0 radical (unpaired) electrons. The summed E-state index contributed by atoms with van der Waals surface area (Å²) >= 11 is 0. The van der Waals surface area contributed by atoms with E-state index in [1.807, 2.05) is 13.8 Å². The summed E-state index contributed by atoms with van der Waals surface area (Å²) in [7, 11) is 0. The highest BCUT2D eigenvalue weighted by atomic mass is 19.1. The van der Waals surface area contributed by atoms with Gasteiger partial charge in [0.25, 0.3) is 0 Å². The van der Waals surface area contributed by atoms with Gasteiger partial charge in [-0.15, -0.1) is 6.58 Å². The molecule has 14 heavy (non-hydrogen) atoms. The highest BCUT2D eigenvalue weighted by Crippen LogP contribution is 2.21. The Morgan fingerprint density at radius 1 is 1.57 bits per heavy atom. The maximum absolute atomic E-state index is 13.0. The van der Waals surface area contributed by atoms with E-state index in [0.29, 0.717) is 6.42 Å². The van der Waals surface area contributed by atoms with E-state index >= 15 is 0 Å².